The Morgan fingerprint density at radius 2 is 2.06 bits per heavy atom. The lowest BCUT2D eigenvalue weighted by atomic mass is 10.1. The number of hydrogen-bond donors (Lipinski definition) is 2. The first kappa shape index (κ1) is 12.0. The molecule has 0 saturated carbocycles. The number of benzene rings is 1. The molecule has 0 aromatic heterocycles. The third kappa shape index (κ3) is 3.27. The van der Waals surface area contributed by atoms with Gasteiger partial charge in [-0.15, -0.1) is 0 Å². The molecule has 0 fully saturated rings. The van der Waals surface area contributed by atoms with Crippen LogP contribution < -0.4 is 11.1 Å². The zero-order valence-corrected chi connectivity index (χ0v) is 9.03. The van der Waals surface area contributed by atoms with Crippen molar-refractivity contribution >= 4 is 17.6 Å². The van der Waals surface area contributed by atoms with Gasteiger partial charge in [-0.1, -0.05) is 12.1 Å². The van der Waals surface area contributed by atoms with Crippen LogP contribution in [0, 0.1) is 0 Å². The Morgan fingerprint density at radius 3 is 2.69 bits per heavy atom. The number of carbonyl (C=O) groups excluding carboxylic acids is 2. The van der Waals surface area contributed by atoms with Gasteiger partial charge in [-0.05, 0) is 12.1 Å². The van der Waals surface area contributed by atoms with Crippen LogP contribution in [-0.2, 0) is 4.74 Å². The van der Waals surface area contributed by atoms with E-state index in [1.165, 1.54) is 7.11 Å². The van der Waals surface area contributed by atoms with Gasteiger partial charge in [0.25, 0.3) is 0 Å². The van der Waals surface area contributed by atoms with E-state index in [-0.39, 0.29) is 18.7 Å². The zero-order valence-electron chi connectivity index (χ0n) is 9.03. The summed E-state index contributed by atoms with van der Waals surface area (Å²) in [6, 6.07) is 6.84. The molecule has 0 aliphatic rings. The van der Waals surface area contributed by atoms with Crippen LogP contribution in [0.3, 0.4) is 0 Å². The Morgan fingerprint density at radius 1 is 1.38 bits per heavy atom. The zero-order chi connectivity index (χ0) is 12.0. The summed E-state index contributed by atoms with van der Waals surface area (Å²) in [7, 11) is 1.27. The van der Waals surface area contributed by atoms with Crippen molar-refractivity contribution < 1.29 is 14.3 Å². The van der Waals surface area contributed by atoms with E-state index in [9.17, 15) is 9.59 Å². The molecule has 1 aromatic carbocycles. The van der Waals surface area contributed by atoms with E-state index in [0.29, 0.717) is 11.3 Å². The van der Waals surface area contributed by atoms with E-state index >= 15 is 0 Å². The van der Waals surface area contributed by atoms with Gasteiger partial charge in [0.15, 0.2) is 5.78 Å². The number of para-hydroxylation sites is 1. The summed E-state index contributed by atoms with van der Waals surface area (Å²) < 4.78 is 4.38. The largest absolute Gasteiger partial charge is 0.453 e. The van der Waals surface area contributed by atoms with Gasteiger partial charge in [-0.2, -0.15) is 0 Å². The van der Waals surface area contributed by atoms with Crippen molar-refractivity contribution in [1.82, 2.24) is 5.32 Å². The highest BCUT2D eigenvalue weighted by molar-refractivity contribution is 6.00. The summed E-state index contributed by atoms with van der Waals surface area (Å²) >= 11 is 0. The topological polar surface area (TPSA) is 81.4 Å². The molecule has 5 nitrogen and oxygen atoms in total. The summed E-state index contributed by atoms with van der Waals surface area (Å²) in [5, 5.41) is 2.43. The normalized spacial score (nSPS) is 9.56. The van der Waals surface area contributed by atoms with Crippen LogP contribution >= 0.6 is 0 Å². The number of amides is 1. The summed E-state index contributed by atoms with van der Waals surface area (Å²) in [5.41, 5.74) is 6.58. The molecule has 0 saturated heterocycles. The van der Waals surface area contributed by atoms with Crippen LogP contribution in [0.5, 0.6) is 0 Å². The molecule has 5 heteroatoms. The number of hydrogen-bond acceptors (Lipinski definition) is 4. The molecule has 0 heterocycles. The first-order valence-electron chi connectivity index (χ1n) is 4.84. The average molecular weight is 222 g/mol. The fourth-order valence-corrected chi connectivity index (χ4v) is 1.24. The van der Waals surface area contributed by atoms with Crippen LogP contribution in [0.15, 0.2) is 24.3 Å². The highest BCUT2D eigenvalue weighted by atomic mass is 16.5. The second-order valence-electron chi connectivity index (χ2n) is 3.18. The third-order valence-corrected chi connectivity index (χ3v) is 2.07. The molecule has 0 bridgehead atoms. The number of nitrogens with one attached hydrogen (secondary N) is 1. The molecule has 3 N–H and O–H groups in total. The second kappa shape index (κ2) is 5.75. The van der Waals surface area contributed by atoms with Crippen LogP contribution in [0.1, 0.15) is 16.8 Å². The van der Waals surface area contributed by atoms with Gasteiger partial charge in [0.2, 0.25) is 0 Å². The first-order valence-corrected chi connectivity index (χ1v) is 4.84. The number of carbonyl (C=O) groups is 2. The highest BCUT2D eigenvalue weighted by Gasteiger charge is 2.09. The summed E-state index contributed by atoms with van der Waals surface area (Å²) in [4.78, 5) is 22.4. The molecule has 1 rings (SSSR count). The van der Waals surface area contributed by atoms with E-state index in [4.69, 9.17) is 5.73 Å². The Balaban J connectivity index is 2.47. The van der Waals surface area contributed by atoms with Crippen LogP contribution in [0.2, 0.25) is 0 Å². The maximum absolute atomic E-state index is 11.7. The summed E-state index contributed by atoms with van der Waals surface area (Å²) in [6.45, 7) is 0.236. The fourth-order valence-electron chi connectivity index (χ4n) is 1.24. The molecule has 0 radical (unpaired) electrons. The predicted molar refractivity (Wildman–Crippen MR) is 60.2 cm³/mol. The first-order chi connectivity index (χ1) is 7.65. The van der Waals surface area contributed by atoms with Gasteiger partial charge in [-0.25, -0.2) is 4.79 Å². The van der Waals surface area contributed by atoms with Crippen molar-refractivity contribution in [2.75, 3.05) is 19.4 Å². The van der Waals surface area contributed by atoms with Crippen LogP contribution in [0.25, 0.3) is 0 Å². The molecule has 0 aliphatic heterocycles. The van der Waals surface area contributed by atoms with Gasteiger partial charge in [-0.3, -0.25) is 4.79 Å². The lowest BCUT2D eigenvalue weighted by Crippen LogP contribution is -2.25. The summed E-state index contributed by atoms with van der Waals surface area (Å²) in [6.07, 6.45) is -0.350. The molecular formula is C11H14N2O3. The van der Waals surface area contributed by atoms with E-state index < -0.39 is 6.09 Å². The Kier molecular flexibility index (Phi) is 4.32. The van der Waals surface area contributed by atoms with Gasteiger partial charge >= 0.3 is 6.09 Å². The van der Waals surface area contributed by atoms with Gasteiger partial charge in [0.05, 0.1) is 7.11 Å². The van der Waals surface area contributed by atoms with Crippen molar-refractivity contribution in [2.24, 2.45) is 0 Å². The summed E-state index contributed by atoms with van der Waals surface area (Å²) in [5.74, 6) is -0.102. The minimum atomic E-state index is -0.547. The maximum Gasteiger partial charge on any atom is 0.406 e. The molecule has 0 unspecified atom stereocenters. The monoisotopic (exact) mass is 222 g/mol. The van der Waals surface area contributed by atoms with Crippen molar-refractivity contribution in [3.05, 3.63) is 29.8 Å². The number of nitrogens with two attached hydrogens (primary N) is 1. The van der Waals surface area contributed by atoms with Gasteiger partial charge in [0, 0.05) is 24.2 Å². The number of rotatable bonds is 4. The van der Waals surface area contributed by atoms with E-state index in [0.717, 1.165) is 0 Å². The SMILES string of the molecule is COC(=O)NCCC(=O)c1ccccc1N. The minimum Gasteiger partial charge on any atom is -0.453 e. The number of nitrogen functional groups attached to an aromatic ring is 1. The number of ether oxygens (including phenoxy) is 1. The number of methoxy groups -OCH3 is 1. The second-order valence-corrected chi connectivity index (χ2v) is 3.18. The number of ketones is 1. The van der Waals surface area contributed by atoms with Crippen molar-refractivity contribution in [1.29, 1.82) is 0 Å². The standard InChI is InChI=1S/C11H14N2O3/c1-16-11(15)13-7-6-10(14)8-4-2-3-5-9(8)12/h2-5H,6-7,12H2,1H3,(H,13,15). The molecule has 86 valence electrons. The van der Waals surface area contributed by atoms with Crippen LogP contribution in [-0.4, -0.2) is 25.5 Å². The smallest absolute Gasteiger partial charge is 0.406 e. The number of alkyl carbamates (subject to hydrolysis) is 1. The molecule has 1 aromatic rings. The molecule has 0 atom stereocenters. The lowest BCUT2D eigenvalue weighted by Gasteiger charge is -2.05. The lowest BCUT2D eigenvalue weighted by molar-refractivity contribution is 0.0983. The Hall–Kier alpha value is -2.04. The predicted octanol–water partition coefficient (Wildman–Crippen LogP) is 1.20. The molecule has 1 amide bonds. The van der Waals surface area contributed by atoms with Crippen molar-refractivity contribution in [3.8, 4) is 0 Å². The van der Waals surface area contributed by atoms with Crippen molar-refractivity contribution in [2.45, 2.75) is 6.42 Å². The molecular weight excluding hydrogens is 208 g/mol. The fraction of sp³-hybridized carbons (Fsp3) is 0.273. The third-order valence-electron chi connectivity index (χ3n) is 2.07. The molecule has 0 spiro atoms. The number of anilines is 1. The van der Waals surface area contributed by atoms with E-state index in [1.807, 2.05) is 0 Å². The Bertz CT molecular complexity index is 391. The maximum atomic E-state index is 11.7. The average Bonchev–Trinajstić information content (AvgIpc) is 2.29. The van der Waals surface area contributed by atoms with Gasteiger partial charge < -0.3 is 15.8 Å². The quantitative estimate of drug-likeness (QED) is 0.592. The highest BCUT2D eigenvalue weighted by Crippen LogP contribution is 2.12. The minimum absolute atomic E-state index is 0.102. The number of Topliss-reactive ketones (excluding diaryl/α,β-unsaturated/α-hetero) is 1. The van der Waals surface area contributed by atoms with Crippen molar-refractivity contribution in [3.63, 3.8) is 0 Å². The van der Waals surface area contributed by atoms with E-state index in [1.54, 1.807) is 24.3 Å². The molecule has 0 aliphatic carbocycles. The molecule has 16 heavy (non-hydrogen) atoms. The van der Waals surface area contributed by atoms with E-state index in [2.05, 4.69) is 10.1 Å². The van der Waals surface area contributed by atoms with Crippen LogP contribution in [0.4, 0.5) is 10.5 Å². The van der Waals surface area contributed by atoms with Gasteiger partial charge in [0.1, 0.15) is 0 Å². The Labute approximate surface area is 93.6 Å².